The second-order valence-electron chi connectivity index (χ2n) is 9.32. The molecule has 20 heteroatoms. The summed E-state index contributed by atoms with van der Waals surface area (Å²) in [6, 6.07) is -3.92. The van der Waals surface area contributed by atoms with Crippen LogP contribution in [0.1, 0.15) is 6.42 Å². The van der Waals surface area contributed by atoms with Crippen molar-refractivity contribution in [2.24, 2.45) is 28.7 Å². The van der Waals surface area contributed by atoms with Crippen molar-refractivity contribution in [1.29, 1.82) is 0 Å². The molecule has 0 aromatic rings. The summed E-state index contributed by atoms with van der Waals surface area (Å²) in [6.45, 7) is -0.694. The number of nitrogens with two attached hydrogens (primary N) is 5. The highest BCUT2D eigenvalue weighted by Crippen LogP contribution is 2.30. The molecule has 2 heterocycles. The SMILES string of the molecule is NC[C@H]1O[C@H](O[C@H]2[C@H](O)[C@@H](OC3O[C@H](CO)[C@@H](O)[C@H](N)[C@H]3O)[C@H](N)C[C@@H]2N)[C@H](N)[C@@H](O)[C@@H]1O.O=S(=O)(O)O. The lowest BCUT2D eigenvalue weighted by atomic mass is 9.84. The first-order valence-corrected chi connectivity index (χ1v) is 13.0. The number of ether oxygens (including phenoxy) is 4. The van der Waals surface area contributed by atoms with E-state index in [4.69, 9.17) is 65.1 Å². The third kappa shape index (κ3) is 8.15. The number of hydrogen-bond donors (Lipinski definition) is 13. The zero-order valence-corrected chi connectivity index (χ0v) is 20.9. The largest absolute Gasteiger partial charge is 0.394 e. The fraction of sp³-hybridized carbons (Fsp3) is 1.00. The second kappa shape index (κ2) is 13.8. The predicted octanol–water partition coefficient (Wildman–Crippen LogP) is -7.98. The molecule has 0 aromatic heterocycles. The zero-order chi connectivity index (χ0) is 29.1. The second-order valence-corrected chi connectivity index (χ2v) is 10.2. The summed E-state index contributed by atoms with van der Waals surface area (Å²) in [5, 5.41) is 60.9. The normalized spacial score (nSPS) is 48.2. The summed E-state index contributed by atoms with van der Waals surface area (Å²) in [7, 11) is -4.67. The van der Waals surface area contributed by atoms with E-state index in [2.05, 4.69) is 0 Å². The lowest BCUT2D eigenvalue weighted by Crippen LogP contribution is -2.69. The summed E-state index contributed by atoms with van der Waals surface area (Å²) in [4.78, 5) is 0. The third-order valence-corrected chi connectivity index (χ3v) is 6.56. The number of aliphatic hydroxyl groups excluding tert-OH is 6. The van der Waals surface area contributed by atoms with Gasteiger partial charge in [0.25, 0.3) is 0 Å². The fourth-order valence-electron chi connectivity index (χ4n) is 4.45. The Morgan fingerprint density at radius 3 is 1.66 bits per heavy atom. The van der Waals surface area contributed by atoms with Crippen molar-refractivity contribution in [3.63, 3.8) is 0 Å². The van der Waals surface area contributed by atoms with E-state index in [9.17, 15) is 30.6 Å². The Morgan fingerprint density at radius 1 is 0.711 bits per heavy atom. The van der Waals surface area contributed by atoms with Crippen LogP contribution in [0, 0.1) is 0 Å². The van der Waals surface area contributed by atoms with E-state index >= 15 is 0 Å². The minimum atomic E-state index is -4.67. The Balaban J connectivity index is 0.000000926. The van der Waals surface area contributed by atoms with Gasteiger partial charge in [0.05, 0.1) is 18.7 Å². The van der Waals surface area contributed by atoms with Crippen LogP contribution in [0.15, 0.2) is 0 Å². The Bertz CT molecular complexity index is 784. The van der Waals surface area contributed by atoms with Crippen LogP contribution < -0.4 is 28.7 Å². The van der Waals surface area contributed by atoms with Gasteiger partial charge in [-0.05, 0) is 6.42 Å². The molecule has 18 N–H and O–H groups in total. The predicted molar refractivity (Wildman–Crippen MR) is 124 cm³/mol. The van der Waals surface area contributed by atoms with Crippen molar-refractivity contribution in [2.45, 2.75) is 98.1 Å². The van der Waals surface area contributed by atoms with E-state index in [0.717, 1.165) is 0 Å². The van der Waals surface area contributed by atoms with Gasteiger partial charge >= 0.3 is 10.4 Å². The van der Waals surface area contributed by atoms with Gasteiger partial charge in [0.2, 0.25) is 0 Å². The molecule has 3 fully saturated rings. The van der Waals surface area contributed by atoms with E-state index in [1.165, 1.54) is 0 Å². The van der Waals surface area contributed by atoms with Crippen LogP contribution in [-0.2, 0) is 29.3 Å². The maximum absolute atomic E-state index is 11.0. The molecule has 15 atom stereocenters. The molecule has 19 nitrogen and oxygen atoms in total. The molecule has 38 heavy (non-hydrogen) atoms. The molecule has 1 aliphatic carbocycles. The van der Waals surface area contributed by atoms with Crippen molar-refractivity contribution < 1.29 is 67.1 Å². The van der Waals surface area contributed by atoms with Crippen LogP contribution in [0.5, 0.6) is 0 Å². The van der Waals surface area contributed by atoms with Crippen molar-refractivity contribution in [2.75, 3.05) is 13.2 Å². The van der Waals surface area contributed by atoms with Gasteiger partial charge in [-0.3, -0.25) is 9.11 Å². The average molecular weight is 582 g/mol. The van der Waals surface area contributed by atoms with Gasteiger partial charge in [-0.1, -0.05) is 0 Å². The van der Waals surface area contributed by atoms with Crippen LogP contribution in [0.2, 0.25) is 0 Å². The minimum Gasteiger partial charge on any atom is -0.394 e. The molecule has 0 spiro atoms. The topological polar surface area (TPSA) is 363 Å². The Morgan fingerprint density at radius 2 is 1.18 bits per heavy atom. The maximum Gasteiger partial charge on any atom is 0.394 e. The lowest BCUT2D eigenvalue weighted by Gasteiger charge is -2.48. The molecule has 2 saturated heterocycles. The molecule has 0 radical (unpaired) electrons. The number of rotatable bonds is 6. The highest BCUT2D eigenvalue weighted by atomic mass is 32.3. The van der Waals surface area contributed by atoms with E-state index in [0.29, 0.717) is 0 Å². The monoisotopic (exact) mass is 581 g/mol. The van der Waals surface area contributed by atoms with Crippen molar-refractivity contribution in [1.82, 2.24) is 0 Å². The summed E-state index contributed by atoms with van der Waals surface area (Å²) in [6.07, 6.45) is -13.9. The van der Waals surface area contributed by atoms with Gasteiger partial charge in [-0.25, -0.2) is 0 Å². The first-order chi connectivity index (χ1) is 17.5. The van der Waals surface area contributed by atoms with Crippen molar-refractivity contribution in [3.05, 3.63) is 0 Å². The van der Waals surface area contributed by atoms with Crippen LogP contribution in [0.4, 0.5) is 0 Å². The average Bonchev–Trinajstić information content (AvgIpc) is 2.83. The summed E-state index contributed by atoms with van der Waals surface area (Å²) in [5.74, 6) is 0. The van der Waals surface area contributed by atoms with Gasteiger partial charge in [0.15, 0.2) is 12.6 Å². The quantitative estimate of drug-likeness (QED) is 0.129. The van der Waals surface area contributed by atoms with Gasteiger partial charge < -0.3 is 78.3 Å². The molecule has 226 valence electrons. The fourth-order valence-corrected chi connectivity index (χ4v) is 4.45. The molecular formula is C18H39N5O14S. The standard InChI is InChI=1S/C18H37N5O10.H2O4S/c19-2-6-11(26)12(27)9(23)17(30-6)32-15-4(20)1-5(21)16(14(15)29)33-18-13(28)8(22)10(25)7(3-24)31-18;1-5(2,3)4/h4-18,24-29H,1-3,19-23H2;(H2,1,2,3,4)/t4-,5+,6+,7+,8-,9+,10+,11+,12+,13+,14-,15+,16-,17+,18?;/m0./s1. The van der Waals surface area contributed by atoms with E-state index < -0.39 is 109 Å². The van der Waals surface area contributed by atoms with E-state index in [-0.39, 0.29) is 13.0 Å². The Hall–Kier alpha value is -0.730. The van der Waals surface area contributed by atoms with Crippen molar-refractivity contribution >= 4 is 10.4 Å². The molecule has 3 rings (SSSR count). The lowest BCUT2D eigenvalue weighted by molar-refractivity contribution is -0.318. The molecular weight excluding hydrogens is 542 g/mol. The van der Waals surface area contributed by atoms with E-state index in [1.54, 1.807) is 0 Å². The number of aliphatic hydroxyl groups is 6. The molecule has 3 aliphatic rings. The smallest absolute Gasteiger partial charge is 0.394 e. The Labute approximate surface area is 217 Å². The molecule has 0 aromatic carbocycles. The molecule has 0 bridgehead atoms. The summed E-state index contributed by atoms with van der Waals surface area (Å²) >= 11 is 0. The third-order valence-electron chi connectivity index (χ3n) is 6.56. The molecule has 1 unspecified atom stereocenters. The minimum absolute atomic E-state index is 0.115. The zero-order valence-electron chi connectivity index (χ0n) is 20.1. The van der Waals surface area contributed by atoms with Crippen LogP contribution in [0.3, 0.4) is 0 Å². The van der Waals surface area contributed by atoms with Gasteiger partial charge in [0, 0.05) is 18.6 Å². The molecule has 1 saturated carbocycles. The van der Waals surface area contributed by atoms with Crippen molar-refractivity contribution in [3.8, 4) is 0 Å². The maximum atomic E-state index is 11.0. The van der Waals surface area contributed by atoms with Crippen LogP contribution in [-0.4, -0.2) is 153 Å². The van der Waals surface area contributed by atoms with Gasteiger partial charge in [0.1, 0.15) is 54.9 Å². The van der Waals surface area contributed by atoms with Gasteiger partial charge in [-0.15, -0.1) is 0 Å². The molecule has 0 amide bonds. The summed E-state index contributed by atoms with van der Waals surface area (Å²) < 4.78 is 54.1. The molecule has 2 aliphatic heterocycles. The summed E-state index contributed by atoms with van der Waals surface area (Å²) in [5.41, 5.74) is 29.6. The highest BCUT2D eigenvalue weighted by molar-refractivity contribution is 7.79. The van der Waals surface area contributed by atoms with Gasteiger partial charge in [-0.2, -0.15) is 8.42 Å². The Kier molecular flexibility index (Phi) is 12.1. The number of hydrogen-bond acceptors (Lipinski definition) is 17. The first-order valence-electron chi connectivity index (χ1n) is 11.6. The van der Waals surface area contributed by atoms with Crippen LogP contribution in [0.25, 0.3) is 0 Å². The van der Waals surface area contributed by atoms with E-state index in [1.807, 2.05) is 0 Å². The van der Waals surface area contributed by atoms with Crippen LogP contribution >= 0.6 is 0 Å². The first kappa shape index (κ1) is 33.5. The highest BCUT2D eigenvalue weighted by Gasteiger charge is 2.51.